The zero-order valence-corrected chi connectivity index (χ0v) is 24.6. The fourth-order valence-electron chi connectivity index (χ4n) is 4.67. The van der Waals surface area contributed by atoms with E-state index in [1.165, 1.54) is 12.4 Å². The van der Waals surface area contributed by atoms with Crippen molar-refractivity contribution in [2.24, 2.45) is 5.92 Å². The SMILES string of the molecule is CC(C)C[C@@H](C=O)NC(=O)[C@@H]1Cc2ccc(cc2)OCCCCOc2ccc(cc2)CCC(=O)c2cncc(n2)C(=O)N1. The Bertz CT molecular complexity index is 1390. The lowest BCUT2D eigenvalue weighted by molar-refractivity contribution is -0.125. The molecular weight excluding hydrogens is 548 g/mol. The van der Waals surface area contributed by atoms with Gasteiger partial charge in [-0.15, -0.1) is 0 Å². The molecule has 2 atom stereocenters. The predicted molar refractivity (Wildman–Crippen MR) is 160 cm³/mol. The third kappa shape index (κ3) is 9.73. The predicted octanol–water partition coefficient (Wildman–Crippen LogP) is 3.91. The number of hydrogen-bond acceptors (Lipinski definition) is 8. The van der Waals surface area contributed by atoms with Gasteiger partial charge in [0.05, 0.1) is 31.6 Å². The summed E-state index contributed by atoms with van der Waals surface area (Å²) in [7, 11) is 0. The highest BCUT2D eigenvalue weighted by atomic mass is 16.5. The van der Waals surface area contributed by atoms with Crippen LogP contribution in [0.3, 0.4) is 0 Å². The van der Waals surface area contributed by atoms with Crippen LogP contribution in [0.25, 0.3) is 0 Å². The van der Waals surface area contributed by atoms with E-state index in [0.717, 1.165) is 29.7 Å². The molecule has 3 aromatic rings. The van der Waals surface area contributed by atoms with Crippen LogP contribution in [0.5, 0.6) is 11.5 Å². The summed E-state index contributed by atoms with van der Waals surface area (Å²) in [5, 5.41) is 5.48. The molecule has 0 unspecified atom stereocenters. The number of carbonyl (C=O) groups excluding carboxylic acids is 4. The summed E-state index contributed by atoms with van der Waals surface area (Å²) < 4.78 is 11.7. The first-order valence-corrected chi connectivity index (χ1v) is 14.7. The zero-order chi connectivity index (χ0) is 30.6. The molecule has 10 heteroatoms. The average molecular weight is 587 g/mol. The standard InChI is InChI=1S/C33H38N4O6/c1-22(2)17-25(21-38)35-32(40)28-18-24-7-12-27(13-8-24)43-16-4-3-15-42-26-10-5-23(6-11-26)9-14-31(39)29-19-34-20-30(36-29)33(41)37-28/h5-8,10-13,19-22,25,28H,3-4,9,14-18H2,1-2H3,(H,35,40)(H,37,41)/t25-,28-/m0/s1. The number of benzene rings is 2. The van der Waals surface area contributed by atoms with E-state index in [-0.39, 0.29) is 35.9 Å². The number of ether oxygens (including phenoxy) is 2. The first-order chi connectivity index (χ1) is 20.8. The van der Waals surface area contributed by atoms with Crippen LogP contribution in [-0.4, -0.2) is 59.1 Å². The van der Waals surface area contributed by atoms with Gasteiger partial charge < -0.3 is 24.9 Å². The minimum atomic E-state index is -1.01. The molecule has 2 aromatic carbocycles. The van der Waals surface area contributed by atoms with Crippen molar-refractivity contribution in [1.29, 1.82) is 0 Å². The van der Waals surface area contributed by atoms with Gasteiger partial charge in [-0.1, -0.05) is 38.1 Å². The Kier molecular flexibility index (Phi) is 11.4. The van der Waals surface area contributed by atoms with E-state index in [9.17, 15) is 19.2 Å². The number of Topliss-reactive ketones (excluding diaryl/α,β-unsaturated/α-hetero) is 1. The number of aldehydes is 1. The number of rotatable bonds is 5. The van der Waals surface area contributed by atoms with Crippen LogP contribution >= 0.6 is 0 Å². The van der Waals surface area contributed by atoms with Gasteiger partial charge in [-0.05, 0) is 67.0 Å². The molecule has 4 aliphatic heterocycles. The maximum Gasteiger partial charge on any atom is 0.272 e. The molecule has 2 amide bonds. The molecule has 43 heavy (non-hydrogen) atoms. The van der Waals surface area contributed by atoms with Crippen molar-refractivity contribution in [3.63, 3.8) is 0 Å². The van der Waals surface area contributed by atoms with Gasteiger partial charge in [0.25, 0.3) is 5.91 Å². The molecule has 226 valence electrons. The maximum absolute atomic E-state index is 13.3. The second-order valence-electron chi connectivity index (χ2n) is 11.0. The Morgan fingerprint density at radius 1 is 0.930 bits per heavy atom. The number of ketones is 1. The molecule has 0 saturated carbocycles. The minimum Gasteiger partial charge on any atom is -0.494 e. The third-order valence-corrected chi connectivity index (χ3v) is 7.00. The van der Waals surface area contributed by atoms with Crippen molar-refractivity contribution < 1.29 is 28.7 Å². The highest BCUT2D eigenvalue weighted by Gasteiger charge is 2.26. The lowest BCUT2D eigenvalue weighted by Crippen LogP contribution is -2.51. The molecule has 6 bridgehead atoms. The highest BCUT2D eigenvalue weighted by molar-refractivity contribution is 5.98. The van der Waals surface area contributed by atoms with E-state index < -0.39 is 23.9 Å². The number of nitrogens with zero attached hydrogens (tertiary/aromatic N) is 2. The van der Waals surface area contributed by atoms with E-state index in [0.29, 0.717) is 38.1 Å². The van der Waals surface area contributed by atoms with Crippen molar-refractivity contribution >= 4 is 23.9 Å². The summed E-state index contributed by atoms with van der Waals surface area (Å²) in [6.07, 6.45) is 6.22. The van der Waals surface area contributed by atoms with Crippen molar-refractivity contribution in [2.45, 2.75) is 64.5 Å². The van der Waals surface area contributed by atoms with E-state index in [2.05, 4.69) is 20.6 Å². The first-order valence-electron chi connectivity index (χ1n) is 14.7. The molecule has 4 aliphatic rings. The summed E-state index contributed by atoms with van der Waals surface area (Å²) in [4.78, 5) is 59.5. The number of aromatic nitrogens is 2. The molecule has 5 heterocycles. The molecule has 10 nitrogen and oxygen atoms in total. The molecule has 7 rings (SSSR count). The molecule has 0 saturated heterocycles. The average Bonchev–Trinajstić information content (AvgIpc) is 3.01. The first kappa shape index (κ1) is 31.3. The lowest BCUT2D eigenvalue weighted by Gasteiger charge is -2.22. The van der Waals surface area contributed by atoms with Gasteiger partial charge in [0.15, 0.2) is 5.78 Å². The Morgan fingerprint density at radius 3 is 2.14 bits per heavy atom. The van der Waals surface area contributed by atoms with Gasteiger partial charge in [-0.2, -0.15) is 0 Å². The normalized spacial score (nSPS) is 17.2. The largest absolute Gasteiger partial charge is 0.494 e. The summed E-state index contributed by atoms with van der Waals surface area (Å²) in [6.45, 7) is 5.00. The molecule has 1 aromatic heterocycles. The van der Waals surface area contributed by atoms with Crippen molar-refractivity contribution in [3.05, 3.63) is 83.4 Å². The number of aryl methyl sites for hydroxylation is 1. The molecule has 2 N–H and O–H groups in total. The molecule has 0 aliphatic carbocycles. The fourth-order valence-corrected chi connectivity index (χ4v) is 4.67. The van der Waals surface area contributed by atoms with E-state index >= 15 is 0 Å². The monoisotopic (exact) mass is 586 g/mol. The third-order valence-electron chi connectivity index (χ3n) is 7.00. The van der Waals surface area contributed by atoms with E-state index in [1.54, 1.807) is 0 Å². The summed E-state index contributed by atoms with van der Waals surface area (Å²) >= 11 is 0. The van der Waals surface area contributed by atoms with Crippen molar-refractivity contribution in [2.75, 3.05) is 13.2 Å². The van der Waals surface area contributed by atoms with Gasteiger partial charge in [0, 0.05) is 12.8 Å². The van der Waals surface area contributed by atoms with Gasteiger partial charge in [0.2, 0.25) is 5.91 Å². The lowest BCUT2D eigenvalue weighted by atomic mass is 10.0. The summed E-state index contributed by atoms with van der Waals surface area (Å²) in [5.41, 5.74) is 1.73. The Balaban J connectivity index is 1.57. The molecule has 0 spiro atoms. The van der Waals surface area contributed by atoms with Crippen molar-refractivity contribution in [1.82, 2.24) is 20.6 Å². The van der Waals surface area contributed by atoms with Gasteiger partial charge in [-0.25, -0.2) is 4.98 Å². The van der Waals surface area contributed by atoms with Crippen LogP contribution in [-0.2, 0) is 22.4 Å². The van der Waals surface area contributed by atoms with E-state index in [4.69, 9.17) is 9.47 Å². The second kappa shape index (κ2) is 15.6. The number of nitrogens with one attached hydrogen (secondary N) is 2. The minimum absolute atomic E-state index is 0.0663. The smallest absolute Gasteiger partial charge is 0.272 e. The van der Waals surface area contributed by atoms with Crippen LogP contribution in [0.2, 0.25) is 0 Å². The van der Waals surface area contributed by atoms with E-state index in [1.807, 2.05) is 62.4 Å². The van der Waals surface area contributed by atoms with Crippen molar-refractivity contribution in [3.8, 4) is 11.5 Å². The highest BCUT2D eigenvalue weighted by Crippen LogP contribution is 2.17. The van der Waals surface area contributed by atoms with Crippen LogP contribution in [0, 0.1) is 5.92 Å². The van der Waals surface area contributed by atoms with Crippen LogP contribution < -0.4 is 20.1 Å². The van der Waals surface area contributed by atoms with Gasteiger partial charge in [0.1, 0.15) is 35.2 Å². The Hall–Kier alpha value is -4.60. The second-order valence-corrected chi connectivity index (χ2v) is 11.0. The molecular formula is C33H38N4O6. The number of carbonyl (C=O) groups is 4. The Morgan fingerprint density at radius 2 is 1.53 bits per heavy atom. The molecule has 0 radical (unpaired) electrons. The van der Waals surface area contributed by atoms with Crippen LogP contribution in [0.15, 0.2) is 60.9 Å². The summed E-state index contributed by atoms with van der Waals surface area (Å²) in [6, 6.07) is 13.2. The number of amides is 2. The Labute approximate surface area is 251 Å². The van der Waals surface area contributed by atoms with Gasteiger partial charge in [-0.3, -0.25) is 19.4 Å². The quantitative estimate of drug-likeness (QED) is 0.430. The van der Waals surface area contributed by atoms with Crippen LogP contribution in [0.1, 0.15) is 71.6 Å². The zero-order valence-electron chi connectivity index (χ0n) is 24.6. The maximum atomic E-state index is 13.3. The van der Waals surface area contributed by atoms with Crippen LogP contribution in [0.4, 0.5) is 0 Å². The van der Waals surface area contributed by atoms with Gasteiger partial charge >= 0.3 is 0 Å². The summed E-state index contributed by atoms with van der Waals surface area (Å²) in [5.74, 6) is 0.228. The fraction of sp³-hybridized carbons (Fsp3) is 0.394. The molecule has 0 fully saturated rings. The topological polar surface area (TPSA) is 137 Å². The number of hydrogen-bond donors (Lipinski definition) is 2.